The predicted molar refractivity (Wildman–Crippen MR) is 67.1 cm³/mol. The predicted octanol–water partition coefficient (Wildman–Crippen LogP) is 3.15. The number of ether oxygens (including phenoxy) is 1. The van der Waals surface area contributed by atoms with Crippen LogP contribution in [0.1, 0.15) is 31.9 Å². The highest BCUT2D eigenvalue weighted by Gasteiger charge is 2.13. The van der Waals surface area contributed by atoms with Crippen molar-refractivity contribution in [3.8, 4) is 11.8 Å². The summed E-state index contributed by atoms with van der Waals surface area (Å²) in [4.78, 5) is 0. The zero-order valence-corrected chi connectivity index (χ0v) is 11.0. The van der Waals surface area contributed by atoms with Crippen LogP contribution in [0.25, 0.3) is 0 Å². The highest BCUT2D eigenvalue weighted by Crippen LogP contribution is 2.28. The molecule has 0 saturated carbocycles. The molecule has 0 heterocycles. The SMILES string of the molecule is CCC(C#N)Oc1cc(Br)ccc1[C@@H](C)N. The fourth-order valence-corrected chi connectivity index (χ4v) is 1.68. The van der Waals surface area contributed by atoms with Crippen LogP contribution in [-0.4, -0.2) is 6.10 Å². The van der Waals surface area contributed by atoms with Crippen molar-refractivity contribution in [2.45, 2.75) is 32.4 Å². The van der Waals surface area contributed by atoms with Gasteiger partial charge >= 0.3 is 0 Å². The molecule has 2 N–H and O–H groups in total. The van der Waals surface area contributed by atoms with Crippen LogP contribution in [0.4, 0.5) is 0 Å². The third kappa shape index (κ3) is 3.22. The molecule has 4 heteroatoms. The summed E-state index contributed by atoms with van der Waals surface area (Å²) in [5.41, 5.74) is 6.76. The highest BCUT2D eigenvalue weighted by molar-refractivity contribution is 9.10. The summed E-state index contributed by atoms with van der Waals surface area (Å²) in [6.07, 6.45) is 0.230. The third-order valence-corrected chi connectivity index (χ3v) is 2.74. The van der Waals surface area contributed by atoms with Gasteiger partial charge in [-0.2, -0.15) is 5.26 Å². The first-order valence-corrected chi connectivity index (χ1v) is 5.99. The van der Waals surface area contributed by atoms with Gasteiger partial charge in [-0.25, -0.2) is 0 Å². The van der Waals surface area contributed by atoms with Crippen molar-refractivity contribution in [3.63, 3.8) is 0 Å². The fourth-order valence-electron chi connectivity index (χ4n) is 1.34. The minimum atomic E-state index is -0.424. The first-order chi connectivity index (χ1) is 7.58. The Morgan fingerprint density at radius 2 is 2.25 bits per heavy atom. The van der Waals surface area contributed by atoms with E-state index < -0.39 is 6.10 Å². The summed E-state index contributed by atoms with van der Waals surface area (Å²) in [6, 6.07) is 7.67. The lowest BCUT2D eigenvalue weighted by Gasteiger charge is -2.16. The molecule has 1 aromatic rings. The van der Waals surface area contributed by atoms with Gasteiger partial charge in [0.15, 0.2) is 6.10 Å². The Morgan fingerprint density at radius 3 is 2.75 bits per heavy atom. The van der Waals surface area contributed by atoms with E-state index in [1.54, 1.807) is 0 Å². The maximum Gasteiger partial charge on any atom is 0.184 e. The van der Waals surface area contributed by atoms with Crippen molar-refractivity contribution in [3.05, 3.63) is 28.2 Å². The smallest absolute Gasteiger partial charge is 0.184 e. The van der Waals surface area contributed by atoms with E-state index >= 15 is 0 Å². The molecular formula is C12H15BrN2O. The van der Waals surface area contributed by atoms with Crippen LogP contribution in [0.15, 0.2) is 22.7 Å². The van der Waals surface area contributed by atoms with Crippen LogP contribution in [0.2, 0.25) is 0 Å². The Morgan fingerprint density at radius 1 is 1.56 bits per heavy atom. The number of hydrogen-bond acceptors (Lipinski definition) is 3. The number of nitriles is 1. The van der Waals surface area contributed by atoms with Gasteiger partial charge in [0, 0.05) is 16.1 Å². The minimum absolute atomic E-state index is 0.112. The van der Waals surface area contributed by atoms with Crippen molar-refractivity contribution in [1.82, 2.24) is 0 Å². The normalized spacial score (nSPS) is 13.9. The second-order valence-corrected chi connectivity index (χ2v) is 4.53. The molecule has 0 aliphatic rings. The molecule has 0 bridgehead atoms. The van der Waals surface area contributed by atoms with E-state index in [0.29, 0.717) is 12.2 Å². The monoisotopic (exact) mass is 282 g/mol. The Labute approximate surface area is 104 Å². The van der Waals surface area contributed by atoms with Gasteiger partial charge in [0.1, 0.15) is 11.8 Å². The van der Waals surface area contributed by atoms with Gasteiger partial charge in [0.25, 0.3) is 0 Å². The molecule has 0 saturated heterocycles. The molecule has 0 aliphatic carbocycles. The van der Waals surface area contributed by atoms with Crippen molar-refractivity contribution in [2.75, 3.05) is 0 Å². The van der Waals surface area contributed by atoms with Gasteiger partial charge in [0.05, 0.1) is 0 Å². The van der Waals surface area contributed by atoms with Crippen LogP contribution < -0.4 is 10.5 Å². The number of nitrogens with zero attached hydrogens (tertiary/aromatic N) is 1. The number of rotatable bonds is 4. The molecular weight excluding hydrogens is 268 g/mol. The summed E-state index contributed by atoms with van der Waals surface area (Å²) in [5.74, 6) is 0.678. The summed E-state index contributed by atoms with van der Waals surface area (Å²) in [7, 11) is 0. The number of halogens is 1. The van der Waals surface area contributed by atoms with Gasteiger partial charge in [-0.1, -0.05) is 28.9 Å². The van der Waals surface area contributed by atoms with Crippen LogP contribution >= 0.6 is 15.9 Å². The molecule has 0 radical (unpaired) electrons. The standard InChI is InChI=1S/C12H15BrN2O/c1-3-10(7-14)16-12-6-9(13)4-5-11(12)8(2)15/h4-6,8,10H,3,15H2,1-2H3/t8-,10?/m1/s1. The van der Waals surface area contributed by atoms with Crippen LogP contribution in [-0.2, 0) is 0 Å². The first kappa shape index (κ1) is 13.0. The minimum Gasteiger partial charge on any atom is -0.475 e. The van der Waals surface area contributed by atoms with Gasteiger partial charge in [0.2, 0.25) is 0 Å². The van der Waals surface area contributed by atoms with Crippen LogP contribution in [0.5, 0.6) is 5.75 Å². The molecule has 0 amide bonds. The summed E-state index contributed by atoms with van der Waals surface area (Å²) in [5, 5.41) is 8.87. The summed E-state index contributed by atoms with van der Waals surface area (Å²) < 4.78 is 6.53. The van der Waals surface area contributed by atoms with Crippen molar-refractivity contribution in [2.24, 2.45) is 5.73 Å². The number of hydrogen-bond donors (Lipinski definition) is 1. The zero-order valence-electron chi connectivity index (χ0n) is 9.40. The molecule has 86 valence electrons. The Balaban J connectivity index is 3.01. The summed E-state index contributed by atoms with van der Waals surface area (Å²) in [6.45, 7) is 3.81. The Kier molecular flexibility index (Phi) is 4.78. The van der Waals surface area contributed by atoms with Crippen LogP contribution in [0.3, 0.4) is 0 Å². The van der Waals surface area contributed by atoms with Crippen molar-refractivity contribution < 1.29 is 4.74 Å². The lowest BCUT2D eigenvalue weighted by molar-refractivity contribution is 0.248. The molecule has 1 rings (SSSR count). The fraction of sp³-hybridized carbons (Fsp3) is 0.417. The van der Waals surface area contributed by atoms with Crippen molar-refractivity contribution in [1.29, 1.82) is 5.26 Å². The van der Waals surface area contributed by atoms with Gasteiger partial charge in [-0.15, -0.1) is 0 Å². The van der Waals surface area contributed by atoms with Gasteiger partial charge in [-0.05, 0) is 25.5 Å². The molecule has 1 unspecified atom stereocenters. The molecule has 3 nitrogen and oxygen atoms in total. The molecule has 2 atom stereocenters. The topological polar surface area (TPSA) is 59.0 Å². The average Bonchev–Trinajstić information content (AvgIpc) is 2.25. The third-order valence-electron chi connectivity index (χ3n) is 2.25. The van der Waals surface area contributed by atoms with Gasteiger partial charge in [-0.3, -0.25) is 0 Å². The highest BCUT2D eigenvalue weighted by atomic mass is 79.9. The van der Waals surface area contributed by atoms with E-state index in [1.165, 1.54) is 0 Å². The molecule has 0 spiro atoms. The number of benzene rings is 1. The van der Waals surface area contributed by atoms with Gasteiger partial charge < -0.3 is 10.5 Å². The second-order valence-electron chi connectivity index (χ2n) is 3.61. The summed E-state index contributed by atoms with van der Waals surface area (Å²) >= 11 is 3.38. The quantitative estimate of drug-likeness (QED) is 0.923. The molecule has 1 aromatic carbocycles. The number of nitrogens with two attached hydrogens (primary N) is 1. The maximum absolute atomic E-state index is 8.87. The molecule has 0 aliphatic heterocycles. The molecule has 0 aromatic heterocycles. The van der Waals surface area contributed by atoms with Crippen molar-refractivity contribution >= 4 is 15.9 Å². The van der Waals surface area contributed by atoms with E-state index in [9.17, 15) is 0 Å². The Hall–Kier alpha value is -1.05. The molecule has 16 heavy (non-hydrogen) atoms. The average molecular weight is 283 g/mol. The lowest BCUT2D eigenvalue weighted by atomic mass is 10.1. The van der Waals surface area contributed by atoms with E-state index in [0.717, 1.165) is 10.0 Å². The Bertz CT molecular complexity index is 398. The largest absolute Gasteiger partial charge is 0.475 e. The van der Waals surface area contributed by atoms with E-state index in [4.69, 9.17) is 15.7 Å². The van der Waals surface area contributed by atoms with E-state index in [2.05, 4.69) is 22.0 Å². The maximum atomic E-state index is 8.87. The van der Waals surface area contributed by atoms with E-state index in [1.807, 2.05) is 32.0 Å². The van der Waals surface area contributed by atoms with Crippen LogP contribution in [0, 0.1) is 11.3 Å². The second kappa shape index (κ2) is 5.88. The zero-order chi connectivity index (χ0) is 12.1. The van der Waals surface area contributed by atoms with E-state index in [-0.39, 0.29) is 6.04 Å². The first-order valence-electron chi connectivity index (χ1n) is 5.19. The lowest BCUT2D eigenvalue weighted by Crippen LogP contribution is -2.15. The molecule has 0 fully saturated rings.